The van der Waals surface area contributed by atoms with Crippen molar-refractivity contribution in [1.82, 2.24) is 9.97 Å². The first-order valence-electron chi connectivity index (χ1n) is 5.91. The Kier molecular flexibility index (Phi) is 4.39. The molecular formula is C14H13ClF3N3S. The quantitative estimate of drug-likeness (QED) is 0.598. The third-order valence-electron chi connectivity index (χ3n) is 2.98. The van der Waals surface area contributed by atoms with Crippen LogP contribution in [-0.4, -0.2) is 9.97 Å². The van der Waals surface area contributed by atoms with E-state index in [2.05, 4.69) is 15.3 Å². The molecule has 118 valence electrons. The van der Waals surface area contributed by atoms with Crippen LogP contribution in [0.4, 0.5) is 24.8 Å². The largest absolute Gasteiger partial charge is 0.416 e. The number of benzene rings is 1. The van der Waals surface area contributed by atoms with Crippen LogP contribution >= 0.6 is 22.9 Å². The fourth-order valence-electron chi connectivity index (χ4n) is 1.91. The van der Waals surface area contributed by atoms with Crippen molar-refractivity contribution in [3.63, 3.8) is 0 Å². The van der Waals surface area contributed by atoms with E-state index in [-0.39, 0.29) is 18.0 Å². The summed E-state index contributed by atoms with van der Waals surface area (Å²) in [6.07, 6.45) is -4.44. The van der Waals surface area contributed by atoms with Gasteiger partial charge in [-0.05, 0) is 30.0 Å². The number of aromatic nitrogens is 2. The summed E-state index contributed by atoms with van der Waals surface area (Å²) >= 11 is 7.41. The van der Waals surface area contributed by atoms with E-state index in [9.17, 15) is 13.2 Å². The van der Waals surface area contributed by atoms with E-state index in [0.29, 0.717) is 11.5 Å². The SMILES string of the molecule is C.Cc1cscc1Nc1nc2c(Cl)cc(C(F)(F)F)cc2[nH]1. The highest BCUT2D eigenvalue weighted by Crippen LogP contribution is 2.35. The molecule has 3 rings (SSSR count). The molecule has 0 aliphatic heterocycles. The molecule has 0 bridgehead atoms. The molecule has 2 N–H and O–H groups in total. The van der Waals surface area contributed by atoms with Crippen LogP contribution in [0.3, 0.4) is 0 Å². The predicted molar refractivity (Wildman–Crippen MR) is 85.2 cm³/mol. The summed E-state index contributed by atoms with van der Waals surface area (Å²) in [5.74, 6) is 0.354. The number of hydrogen-bond acceptors (Lipinski definition) is 3. The van der Waals surface area contributed by atoms with Crippen LogP contribution in [0.5, 0.6) is 0 Å². The van der Waals surface area contributed by atoms with Gasteiger partial charge in [0.2, 0.25) is 5.95 Å². The highest BCUT2D eigenvalue weighted by molar-refractivity contribution is 7.08. The molecule has 0 amide bonds. The van der Waals surface area contributed by atoms with Crippen LogP contribution in [0, 0.1) is 6.92 Å². The molecular weight excluding hydrogens is 335 g/mol. The maximum absolute atomic E-state index is 12.8. The Morgan fingerprint density at radius 3 is 2.59 bits per heavy atom. The Balaban J connectivity index is 0.00000176. The van der Waals surface area contributed by atoms with Crippen LogP contribution in [-0.2, 0) is 6.18 Å². The predicted octanol–water partition coefficient (Wildman–Crippen LogP) is 5.98. The van der Waals surface area contributed by atoms with Crippen LogP contribution in [0.15, 0.2) is 22.9 Å². The molecule has 2 aromatic heterocycles. The van der Waals surface area contributed by atoms with Crippen molar-refractivity contribution in [3.8, 4) is 0 Å². The number of rotatable bonds is 2. The van der Waals surface area contributed by atoms with E-state index >= 15 is 0 Å². The standard InChI is InChI=1S/C13H9ClF3N3S.CH4/c1-6-4-21-5-10(6)19-12-18-9-3-7(13(15,16)17)2-8(14)11(9)20-12;/h2-5H,1H3,(H2,18,19,20);1H4. The molecule has 1 aromatic carbocycles. The Bertz CT molecular complexity index is 807. The first-order chi connectivity index (χ1) is 9.84. The molecule has 8 heteroatoms. The minimum Gasteiger partial charge on any atom is -0.325 e. The van der Waals surface area contributed by atoms with E-state index in [1.807, 2.05) is 17.7 Å². The van der Waals surface area contributed by atoms with Crippen LogP contribution < -0.4 is 5.32 Å². The maximum Gasteiger partial charge on any atom is 0.416 e. The van der Waals surface area contributed by atoms with Crippen molar-refractivity contribution < 1.29 is 13.2 Å². The van der Waals surface area contributed by atoms with E-state index < -0.39 is 11.7 Å². The number of imidazole rings is 1. The lowest BCUT2D eigenvalue weighted by atomic mass is 10.2. The van der Waals surface area contributed by atoms with Crippen LogP contribution in [0.25, 0.3) is 11.0 Å². The van der Waals surface area contributed by atoms with Gasteiger partial charge >= 0.3 is 6.18 Å². The average molecular weight is 348 g/mol. The second-order valence-corrected chi connectivity index (χ2v) is 5.68. The maximum atomic E-state index is 12.8. The lowest BCUT2D eigenvalue weighted by Gasteiger charge is -2.06. The molecule has 0 saturated carbocycles. The number of nitrogens with zero attached hydrogens (tertiary/aromatic N) is 1. The van der Waals surface area contributed by atoms with Gasteiger partial charge in [-0.2, -0.15) is 13.2 Å². The monoisotopic (exact) mass is 347 g/mol. The van der Waals surface area contributed by atoms with E-state index in [0.717, 1.165) is 23.4 Å². The molecule has 22 heavy (non-hydrogen) atoms. The summed E-state index contributed by atoms with van der Waals surface area (Å²) < 4.78 is 38.3. The number of H-pyrrole nitrogens is 1. The zero-order valence-corrected chi connectivity index (χ0v) is 12.2. The second-order valence-electron chi connectivity index (χ2n) is 4.53. The second kappa shape index (κ2) is 5.81. The van der Waals surface area contributed by atoms with Gasteiger partial charge in [0.25, 0.3) is 0 Å². The third kappa shape index (κ3) is 3.05. The zero-order chi connectivity index (χ0) is 15.2. The topological polar surface area (TPSA) is 40.7 Å². The summed E-state index contributed by atoms with van der Waals surface area (Å²) in [5, 5.41) is 6.85. The van der Waals surface area contributed by atoms with Gasteiger partial charge in [-0.3, -0.25) is 0 Å². The van der Waals surface area contributed by atoms with Gasteiger partial charge in [0.05, 0.1) is 21.8 Å². The smallest absolute Gasteiger partial charge is 0.325 e. The molecule has 2 heterocycles. The molecule has 0 saturated heterocycles. The minimum absolute atomic E-state index is 0. The van der Waals surface area contributed by atoms with Gasteiger partial charge in [-0.25, -0.2) is 4.98 Å². The number of nitrogens with one attached hydrogen (secondary N) is 2. The molecule has 3 aromatic rings. The molecule has 0 fully saturated rings. The van der Waals surface area contributed by atoms with Crippen LogP contribution in [0.1, 0.15) is 18.6 Å². The van der Waals surface area contributed by atoms with Gasteiger partial charge in [0.15, 0.2) is 0 Å². The van der Waals surface area contributed by atoms with E-state index in [4.69, 9.17) is 11.6 Å². The van der Waals surface area contributed by atoms with Crippen molar-refractivity contribution in [3.05, 3.63) is 39.0 Å². The number of thiophene rings is 1. The number of anilines is 2. The van der Waals surface area contributed by atoms with Crippen molar-refractivity contribution in [2.24, 2.45) is 0 Å². The Labute approximate surface area is 134 Å². The van der Waals surface area contributed by atoms with Crippen LogP contribution in [0.2, 0.25) is 5.02 Å². The molecule has 0 atom stereocenters. The number of aromatic amines is 1. The summed E-state index contributed by atoms with van der Waals surface area (Å²) in [5.41, 5.74) is 1.63. The minimum atomic E-state index is -4.44. The highest BCUT2D eigenvalue weighted by Gasteiger charge is 2.31. The van der Waals surface area contributed by atoms with Gasteiger partial charge in [-0.1, -0.05) is 19.0 Å². The molecule has 0 radical (unpaired) electrons. The van der Waals surface area contributed by atoms with Crippen molar-refractivity contribution in [2.75, 3.05) is 5.32 Å². The summed E-state index contributed by atoms with van der Waals surface area (Å²) in [4.78, 5) is 7.00. The Hall–Kier alpha value is -1.73. The third-order valence-corrected chi connectivity index (χ3v) is 4.13. The van der Waals surface area contributed by atoms with Crippen molar-refractivity contribution >= 4 is 45.6 Å². The summed E-state index contributed by atoms with van der Waals surface area (Å²) in [6.45, 7) is 1.93. The van der Waals surface area contributed by atoms with Gasteiger partial charge in [0, 0.05) is 5.38 Å². The molecule has 0 unspecified atom stereocenters. The number of hydrogen-bond donors (Lipinski definition) is 2. The van der Waals surface area contributed by atoms with Gasteiger partial charge in [-0.15, -0.1) is 11.3 Å². The Morgan fingerprint density at radius 1 is 1.27 bits per heavy atom. The molecule has 0 aliphatic carbocycles. The zero-order valence-electron chi connectivity index (χ0n) is 10.7. The lowest BCUT2D eigenvalue weighted by Crippen LogP contribution is -2.04. The number of aryl methyl sites for hydroxylation is 1. The molecule has 0 spiro atoms. The summed E-state index contributed by atoms with van der Waals surface area (Å²) in [7, 11) is 0. The normalized spacial score (nSPS) is 11.5. The first-order valence-corrected chi connectivity index (χ1v) is 7.23. The lowest BCUT2D eigenvalue weighted by molar-refractivity contribution is -0.137. The van der Waals surface area contributed by atoms with Gasteiger partial charge in [0.1, 0.15) is 5.52 Å². The van der Waals surface area contributed by atoms with E-state index in [1.54, 1.807) is 0 Å². The van der Waals surface area contributed by atoms with E-state index in [1.165, 1.54) is 11.3 Å². The Morgan fingerprint density at radius 2 is 2.00 bits per heavy atom. The first kappa shape index (κ1) is 16.6. The fraction of sp³-hybridized carbons (Fsp3) is 0.214. The van der Waals surface area contributed by atoms with Gasteiger partial charge < -0.3 is 10.3 Å². The average Bonchev–Trinajstić information content (AvgIpc) is 2.96. The fourth-order valence-corrected chi connectivity index (χ4v) is 2.96. The van der Waals surface area contributed by atoms with Crippen molar-refractivity contribution in [1.29, 1.82) is 0 Å². The molecule has 0 aliphatic rings. The number of fused-ring (bicyclic) bond motifs is 1. The van der Waals surface area contributed by atoms with Crippen molar-refractivity contribution in [2.45, 2.75) is 20.5 Å². The highest BCUT2D eigenvalue weighted by atomic mass is 35.5. The number of alkyl halides is 3. The number of halogens is 4. The molecule has 3 nitrogen and oxygen atoms in total. The summed E-state index contributed by atoms with van der Waals surface area (Å²) in [6, 6.07) is 1.88.